The number of hydrogen-bond donors (Lipinski definition) is 1. The molecule has 1 N–H and O–H groups in total. The van der Waals surface area contributed by atoms with Gasteiger partial charge < -0.3 is 4.74 Å². The van der Waals surface area contributed by atoms with Crippen molar-refractivity contribution in [3.8, 4) is 5.75 Å². The van der Waals surface area contributed by atoms with Crippen molar-refractivity contribution in [2.24, 2.45) is 0 Å². The zero-order chi connectivity index (χ0) is 16.2. The molecule has 7 nitrogen and oxygen atoms in total. The molecule has 0 aliphatic carbocycles. The normalized spacial score (nSPS) is 10.8. The minimum Gasteiger partial charge on any atom is -0.487 e. The predicted molar refractivity (Wildman–Crippen MR) is 87.3 cm³/mol. The highest BCUT2D eigenvalue weighted by Gasteiger charge is 2.04. The lowest BCUT2D eigenvalue weighted by atomic mass is 10.1. The van der Waals surface area contributed by atoms with Gasteiger partial charge in [-0.2, -0.15) is 5.21 Å². The Labute approximate surface area is 137 Å². The molecule has 7 heteroatoms. The lowest BCUT2D eigenvalue weighted by Gasteiger charge is -2.07. The summed E-state index contributed by atoms with van der Waals surface area (Å²) in [5.41, 5.74) is 3.59. The number of tetrazole rings is 1. The molecule has 2 aromatic heterocycles. The smallest absolute Gasteiger partial charge is 0.178 e. The van der Waals surface area contributed by atoms with E-state index in [-0.39, 0.29) is 0 Å². The van der Waals surface area contributed by atoms with Crippen LogP contribution in [-0.2, 0) is 13.0 Å². The molecule has 0 unspecified atom stereocenters. The molecule has 24 heavy (non-hydrogen) atoms. The summed E-state index contributed by atoms with van der Waals surface area (Å²) in [6.45, 7) is 0.365. The summed E-state index contributed by atoms with van der Waals surface area (Å²) in [4.78, 5) is 8.95. The van der Waals surface area contributed by atoms with Gasteiger partial charge in [0.2, 0.25) is 0 Å². The molecule has 0 saturated carbocycles. The largest absolute Gasteiger partial charge is 0.487 e. The fourth-order valence-electron chi connectivity index (χ4n) is 2.41. The minimum atomic E-state index is 0.365. The molecule has 0 saturated heterocycles. The third-order valence-corrected chi connectivity index (χ3v) is 3.54. The van der Waals surface area contributed by atoms with Crippen LogP contribution in [0.4, 0.5) is 0 Å². The highest BCUT2D eigenvalue weighted by molar-refractivity contribution is 5.73. The number of hydrogen-bond acceptors (Lipinski definition) is 6. The van der Waals surface area contributed by atoms with E-state index in [1.165, 1.54) is 0 Å². The summed E-state index contributed by atoms with van der Waals surface area (Å²) in [5.74, 6) is 1.42. The maximum Gasteiger partial charge on any atom is 0.178 e. The highest BCUT2D eigenvalue weighted by atomic mass is 16.5. The number of rotatable bonds is 5. The topological polar surface area (TPSA) is 89.5 Å². The van der Waals surface area contributed by atoms with Gasteiger partial charge in [0.1, 0.15) is 12.4 Å². The van der Waals surface area contributed by atoms with E-state index in [0.717, 1.165) is 28.0 Å². The van der Waals surface area contributed by atoms with Crippen LogP contribution in [0.2, 0.25) is 0 Å². The molecule has 0 atom stereocenters. The quantitative estimate of drug-likeness (QED) is 0.607. The monoisotopic (exact) mass is 318 g/mol. The van der Waals surface area contributed by atoms with Crippen molar-refractivity contribution in [1.82, 2.24) is 30.6 Å². The Morgan fingerprint density at radius 3 is 2.79 bits per heavy atom. The van der Waals surface area contributed by atoms with Gasteiger partial charge >= 0.3 is 0 Å². The number of nitrogens with one attached hydrogen (secondary N) is 1. The fraction of sp³-hybridized carbons (Fsp3) is 0.118. The van der Waals surface area contributed by atoms with Crippen LogP contribution in [0.25, 0.3) is 11.0 Å². The standard InChI is InChI=1S/C17H14N6O/c1-2-7-16-15(6-1)18-10-13(19-16)11-24-14-5-3-4-12(8-14)9-17-20-22-23-21-17/h1-8,10H,9,11H2,(H,20,21,22,23). The first-order valence-electron chi connectivity index (χ1n) is 7.51. The van der Waals surface area contributed by atoms with Gasteiger partial charge in [-0.3, -0.25) is 4.98 Å². The predicted octanol–water partition coefficient (Wildman–Crippen LogP) is 2.31. The van der Waals surface area contributed by atoms with Crippen molar-refractivity contribution in [3.05, 3.63) is 71.8 Å². The van der Waals surface area contributed by atoms with Crippen LogP contribution < -0.4 is 4.74 Å². The van der Waals surface area contributed by atoms with Crippen molar-refractivity contribution >= 4 is 11.0 Å². The molecule has 0 bridgehead atoms. The van der Waals surface area contributed by atoms with Crippen molar-refractivity contribution in [3.63, 3.8) is 0 Å². The summed E-state index contributed by atoms with van der Waals surface area (Å²) < 4.78 is 5.83. The molecule has 0 aliphatic rings. The Hall–Kier alpha value is -3.35. The van der Waals surface area contributed by atoms with Gasteiger partial charge in [-0.15, -0.1) is 10.2 Å². The van der Waals surface area contributed by atoms with E-state index in [1.54, 1.807) is 6.20 Å². The fourth-order valence-corrected chi connectivity index (χ4v) is 2.41. The summed E-state index contributed by atoms with van der Waals surface area (Å²) in [7, 11) is 0. The van der Waals surface area contributed by atoms with Crippen LogP contribution in [0.15, 0.2) is 54.7 Å². The van der Waals surface area contributed by atoms with E-state index >= 15 is 0 Å². The average molecular weight is 318 g/mol. The van der Waals surface area contributed by atoms with Gasteiger partial charge in [0.05, 0.1) is 22.9 Å². The maximum atomic E-state index is 5.83. The molecular weight excluding hydrogens is 304 g/mol. The second-order valence-electron chi connectivity index (χ2n) is 5.29. The first-order chi connectivity index (χ1) is 11.9. The number of fused-ring (bicyclic) bond motifs is 1. The van der Waals surface area contributed by atoms with Crippen LogP contribution in [0.1, 0.15) is 17.1 Å². The zero-order valence-corrected chi connectivity index (χ0v) is 12.8. The van der Waals surface area contributed by atoms with E-state index in [0.29, 0.717) is 18.9 Å². The van der Waals surface area contributed by atoms with Crippen molar-refractivity contribution < 1.29 is 4.74 Å². The first kappa shape index (κ1) is 14.3. The van der Waals surface area contributed by atoms with E-state index in [9.17, 15) is 0 Å². The number of nitrogens with zero attached hydrogens (tertiary/aromatic N) is 5. The van der Waals surface area contributed by atoms with E-state index in [1.807, 2.05) is 48.5 Å². The second kappa shape index (κ2) is 6.41. The van der Waals surface area contributed by atoms with Crippen molar-refractivity contribution in [2.45, 2.75) is 13.0 Å². The molecular formula is C17H14N6O. The molecule has 0 spiro atoms. The van der Waals surface area contributed by atoms with Crippen molar-refractivity contribution in [2.75, 3.05) is 0 Å². The summed E-state index contributed by atoms with van der Waals surface area (Å²) in [6.07, 6.45) is 2.34. The Morgan fingerprint density at radius 1 is 1.00 bits per heavy atom. The van der Waals surface area contributed by atoms with Gasteiger partial charge in [0.25, 0.3) is 0 Å². The third kappa shape index (κ3) is 3.19. The Balaban J connectivity index is 1.46. The highest BCUT2D eigenvalue weighted by Crippen LogP contribution is 2.17. The summed E-state index contributed by atoms with van der Waals surface area (Å²) in [5, 5.41) is 13.9. The molecule has 0 amide bonds. The number of aromatic nitrogens is 6. The van der Waals surface area contributed by atoms with E-state index in [4.69, 9.17) is 4.74 Å². The van der Waals surface area contributed by atoms with Gasteiger partial charge in [0, 0.05) is 6.42 Å². The van der Waals surface area contributed by atoms with Crippen LogP contribution in [0.3, 0.4) is 0 Å². The minimum absolute atomic E-state index is 0.365. The van der Waals surface area contributed by atoms with Gasteiger partial charge in [-0.05, 0) is 29.8 Å². The maximum absolute atomic E-state index is 5.83. The Kier molecular flexibility index (Phi) is 3.81. The van der Waals surface area contributed by atoms with E-state index in [2.05, 4.69) is 30.6 Å². The van der Waals surface area contributed by atoms with Crippen LogP contribution >= 0.6 is 0 Å². The van der Waals surface area contributed by atoms with Crippen LogP contribution in [0.5, 0.6) is 5.75 Å². The SMILES string of the molecule is c1cc(Cc2nn[nH]n2)cc(OCc2cnc3ccccc3n2)c1. The van der Waals surface area contributed by atoms with Gasteiger partial charge in [0.15, 0.2) is 5.82 Å². The Morgan fingerprint density at radius 2 is 1.92 bits per heavy atom. The van der Waals surface area contributed by atoms with Crippen LogP contribution in [-0.4, -0.2) is 30.6 Å². The molecule has 2 heterocycles. The number of aromatic amines is 1. The molecule has 4 aromatic rings. The molecule has 0 radical (unpaired) electrons. The molecule has 2 aromatic carbocycles. The lowest BCUT2D eigenvalue weighted by molar-refractivity contribution is 0.301. The molecule has 4 rings (SSSR count). The van der Waals surface area contributed by atoms with Gasteiger partial charge in [-0.1, -0.05) is 29.5 Å². The number of benzene rings is 2. The van der Waals surface area contributed by atoms with Gasteiger partial charge in [-0.25, -0.2) is 4.98 Å². The van der Waals surface area contributed by atoms with E-state index < -0.39 is 0 Å². The second-order valence-corrected chi connectivity index (χ2v) is 5.29. The number of H-pyrrole nitrogens is 1. The third-order valence-electron chi connectivity index (χ3n) is 3.54. The molecule has 118 valence electrons. The molecule has 0 fully saturated rings. The number of para-hydroxylation sites is 2. The molecule has 0 aliphatic heterocycles. The lowest BCUT2D eigenvalue weighted by Crippen LogP contribution is -2.00. The Bertz CT molecular complexity index is 954. The summed E-state index contributed by atoms with van der Waals surface area (Å²) in [6, 6.07) is 15.6. The summed E-state index contributed by atoms with van der Waals surface area (Å²) >= 11 is 0. The van der Waals surface area contributed by atoms with Crippen molar-refractivity contribution in [1.29, 1.82) is 0 Å². The average Bonchev–Trinajstić information content (AvgIpc) is 3.13. The van der Waals surface area contributed by atoms with Crippen LogP contribution in [0, 0.1) is 0 Å². The first-order valence-corrected chi connectivity index (χ1v) is 7.51. The number of ether oxygens (including phenoxy) is 1. The zero-order valence-electron chi connectivity index (χ0n) is 12.8.